The van der Waals surface area contributed by atoms with Crippen molar-refractivity contribution in [2.45, 2.75) is 51.7 Å². The highest BCUT2D eigenvalue weighted by Crippen LogP contribution is 2.34. The first-order chi connectivity index (χ1) is 11.5. The zero-order valence-corrected chi connectivity index (χ0v) is 14.1. The monoisotopic (exact) mass is 344 g/mol. The van der Waals surface area contributed by atoms with E-state index in [1.165, 1.54) is 32.1 Å². The molecule has 0 aromatic heterocycles. The fourth-order valence-electron chi connectivity index (χ4n) is 3.70. The third-order valence-corrected chi connectivity index (χ3v) is 5.36. The number of ether oxygens (including phenoxy) is 2. The highest BCUT2D eigenvalue weighted by Gasteiger charge is 2.27. The Morgan fingerprint density at radius 3 is 2.04 bits per heavy atom. The van der Waals surface area contributed by atoms with Crippen LogP contribution in [0.2, 0.25) is 0 Å². The first-order valence-electron chi connectivity index (χ1n) is 8.90. The van der Waals surface area contributed by atoms with Crippen molar-refractivity contribution >= 4 is 0 Å². The Labute approximate surface area is 142 Å². The lowest BCUT2D eigenvalue weighted by Gasteiger charge is -2.31. The van der Waals surface area contributed by atoms with Gasteiger partial charge in [0.25, 0.3) is 0 Å². The second-order valence-electron chi connectivity index (χ2n) is 7.37. The lowest BCUT2D eigenvalue weighted by atomic mass is 9.80. The van der Waals surface area contributed by atoms with Gasteiger partial charge in [0.1, 0.15) is 0 Å². The third-order valence-electron chi connectivity index (χ3n) is 5.36. The Hall–Kier alpha value is -1.07. The van der Waals surface area contributed by atoms with E-state index in [0.717, 1.165) is 30.4 Å². The van der Waals surface area contributed by atoms with E-state index < -0.39 is 23.7 Å². The normalized spacial score (nSPS) is 31.2. The number of hydrogen-bond acceptors (Lipinski definition) is 2. The number of halogens is 3. The second kappa shape index (κ2) is 7.87. The molecular weight excluding hydrogens is 317 g/mol. The molecule has 2 nitrogen and oxygen atoms in total. The molecule has 3 rings (SSSR count). The Balaban J connectivity index is 0.00000225. The SMILES string of the molecule is CC1CCC(CCC2COC(c3cc(F)c(F)c(F)c3)OC2)CC1.[HH]. The van der Waals surface area contributed by atoms with Crippen molar-refractivity contribution in [1.82, 2.24) is 0 Å². The summed E-state index contributed by atoms with van der Waals surface area (Å²) in [6, 6.07) is 1.87. The summed E-state index contributed by atoms with van der Waals surface area (Å²) in [7, 11) is 0. The van der Waals surface area contributed by atoms with Crippen molar-refractivity contribution < 1.29 is 24.1 Å². The maximum atomic E-state index is 13.3. The molecule has 0 unspecified atom stereocenters. The third kappa shape index (κ3) is 4.31. The summed E-state index contributed by atoms with van der Waals surface area (Å²) in [5.74, 6) is -1.92. The van der Waals surface area contributed by atoms with E-state index in [0.29, 0.717) is 19.1 Å². The van der Waals surface area contributed by atoms with Gasteiger partial charge in [0.15, 0.2) is 23.7 Å². The Bertz CT molecular complexity index is 531. The van der Waals surface area contributed by atoms with Gasteiger partial charge in [-0.3, -0.25) is 0 Å². The van der Waals surface area contributed by atoms with Gasteiger partial charge in [0.2, 0.25) is 0 Å². The highest BCUT2D eigenvalue weighted by molar-refractivity contribution is 5.20. The zero-order valence-electron chi connectivity index (χ0n) is 14.1. The number of rotatable bonds is 4. The number of benzene rings is 1. The summed E-state index contributed by atoms with van der Waals surface area (Å²) in [6.45, 7) is 3.34. The summed E-state index contributed by atoms with van der Waals surface area (Å²) in [5.41, 5.74) is 0.186. The van der Waals surface area contributed by atoms with Gasteiger partial charge in [-0.2, -0.15) is 0 Å². The molecule has 1 saturated carbocycles. The molecule has 0 N–H and O–H groups in total. The van der Waals surface area contributed by atoms with Crippen LogP contribution < -0.4 is 0 Å². The smallest absolute Gasteiger partial charge is 0.194 e. The maximum absolute atomic E-state index is 13.3. The lowest BCUT2D eigenvalue weighted by molar-refractivity contribution is -0.206. The molecule has 2 aliphatic rings. The van der Waals surface area contributed by atoms with Gasteiger partial charge in [-0.25, -0.2) is 13.2 Å². The van der Waals surface area contributed by atoms with E-state index >= 15 is 0 Å². The van der Waals surface area contributed by atoms with Crippen LogP contribution in [-0.2, 0) is 9.47 Å². The molecule has 136 valence electrons. The predicted molar refractivity (Wildman–Crippen MR) is 86.9 cm³/mol. The minimum absolute atomic E-state index is 0. The summed E-state index contributed by atoms with van der Waals surface area (Å²) >= 11 is 0. The van der Waals surface area contributed by atoms with Crippen molar-refractivity contribution in [2.75, 3.05) is 13.2 Å². The van der Waals surface area contributed by atoms with E-state index in [2.05, 4.69) is 6.92 Å². The molecule has 5 heteroatoms. The van der Waals surface area contributed by atoms with Crippen LogP contribution in [-0.4, -0.2) is 13.2 Å². The van der Waals surface area contributed by atoms with Crippen LogP contribution >= 0.6 is 0 Å². The van der Waals surface area contributed by atoms with Crippen LogP contribution in [0.5, 0.6) is 0 Å². The molecule has 0 spiro atoms. The molecule has 1 aliphatic heterocycles. The molecule has 24 heavy (non-hydrogen) atoms. The Morgan fingerprint density at radius 2 is 1.46 bits per heavy atom. The average molecular weight is 344 g/mol. The molecule has 1 saturated heterocycles. The topological polar surface area (TPSA) is 18.5 Å². The summed E-state index contributed by atoms with van der Waals surface area (Å²) in [5, 5.41) is 0. The summed E-state index contributed by atoms with van der Waals surface area (Å²) < 4.78 is 50.8. The summed E-state index contributed by atoms with van der Waals surface area (Å²) in [4.78, 5) is 0. The van der Waals surface area contributed by atoms with Gasteiger partial charge in [-0.05, 0) is 30.4 Å². The molecule has 0 radical (unpaired) electrons. The van der Waals surface area contributed by atoms with Gasteiger partial charge >= 0.3 is 0 Å². The van der Waals surface area contributed by atoms with Crippen molar-refractivity contribution in [3.8, 4) is 0 Å². The van der Waals surface area contributed by atoms with Gasteiger partial charge in [0.05, 0.1) is 13.2 Å². The lowest BCUT2D eigenvalue weighted by Crippen LogP contribution is -2.28. The van der Waals surface area contributed by atoms with Gasteiger partial charge in [-0.15, -0.1) is 0 Å². The van der Waals surface area contributed by atoms with Crippen LogP contribution in [0.1, 0.15) is 58.7 Å². The molecule has 0 amide bonds. The van der Waals surface area contributed by atoms with Gasteiger partial charge < -0.3 is 9.47 Å². The first-order valence-corrected chi connectivity index (χ1v) is 8.90. The highest BCUT2D eigenvalue weighted by atomic mass is 19.2. The van der Waals surface area contributed by atoms with Gasteiger partial charge in [-0.1, -0.05) is 39.0 Å². The van der Waals surface area contributed by atoms with Crippen LogP contribution in [0.15, 0.2) is 12.1 Å². The van der Waals surface area contributed by atoms with Crippen LogP contribution in [0.25, 0.3) is 0 Å². The molecular formula is C19H27F3O2. The average Bonchev–Trinajstić information content (AvgIpc) is 2.59. The van der Waals surface area contributed by atoms with E-state index in [1.54, 1.807) is 0 Å². The minimum atomic E-state index is -1.46. The Kier molecular flexibility index (Phi) is 5.82. The van der Waals surface area contributed by atoms with E-state index in [1.807, 2.05) is 0 Å². The quantitative estimate of drug-likeness (QED) is 0.660. The zero-order chi connectivity index (χ0) is 17.1. The molecule has 1 heterocycles. The molecule has 2 fully saturated rings. The summed E-state index contributed by atoms with van der Waals surface area (Å²) in [6.07, 6.45) is 6.70. The Morgan fingerprint density at radius 1 is 0.917 bits per heavy atom. The first kappa shape index (κ1) is 17.7. The maximum Gasteiger partial charge on any atom is 0.194 e. The van der Waals surface area contributed by atoms with Crippen molar-refractivity contribution in [1.29, 1.82) is 0 Å². The van der Waals surface area contributed by atoms with Crippen molar-refractivity contribution in [3.05, 3.63) is 35.1 Å². The predicted octanol–water partition coefficient (Wildman–Crippen LogP) is 5.62. The minimum Gasteiger partial charge on any atom is -0.348 e. The fourth-order valence-corrected chi connectivity index (χ4v) is 3.70. The fraction of sp³-hybridized carbons (Fsp3) is 0.684. The van der Waals surface area contributed by atoms with Crippen LogP contribution in [0, 0.1) is 35.2 Å². The second-order valence-corrected chi connectivity index (χ2v) is 7.37. The standard InChI is InChI=1S/C19H25F3O2.H2/c1-12-2-4-13(5-3-12)6-7-14-10-23-19(24-11-14)15-8-16(20)18(22)17(21)9-15;/h8-9,12-14,19H,2-7,10-11H2,1H3;1H. The molecule has 1 aromatic rings. The van der Waals surface area contributed by atoms with Gasteiger partial charge in [0, 0.05) is 12.9 Å². The molecule has 0 bridgehead atoms. The molecule has 1 aromatic carbocycles. The van der Waals surface area contributed by atoms with Crippen LogP contribution in [0.3, 0.4) is 0 Å². The van der Waals surface area contributed by atoms with E-state index in [9.17, 15) is 13.2 Å². The van der Waals surface area contributed by atoms with Crippen molar-refractivity contribution in [3.63, 3.8) is 0 Å². The molecule has 0 atom stereocenters. The van der Waals surface area contributed by atoms with Crippen LogP contribution in [0.4, 0.5) is 13.2 Å². The molecule has 1 aliphatic carbocycles. The number of hydrogen-bond donors (Lipinski definition) is 0. The van der Waals surface area contributed by atoms with E-state index in [-0.39, 0.29) is 6.99 Å². The van der Waals surface area contributed by atoms with E-state index in [4.69, 9.17) is 9.47 Å². The van der Waals surface area contributed by atoms with Crippen molar-refractivity contribution in [2.24, 2.45) is 17.8 Å². The largest absolute Gasteiger partial charge is 0.348 e.